The van der Waals surface area contributed by atoms with E-state index in [2.05, 4.69) is 9.97 Å². The van der Waals surface area contributed by atoms with Crippen molar-refractivity contribution in [1.29, 1.82) is 0 Å². The van der Waals surface area contributed by atoms with Crippen LogP contribution in [0.3, 0.4) is 0 Å². The highest BCUT2D eigenvalue weighted by Crippen LogP contribution is 2.42. The van der Waals surface area contributed by atoms with Crippen molar-refractivity contribution in [3.63, 3.8) is 0 Å². The fourth-order valence-electron chi connectivity index (χ4n) is 3.91. The SMILES string of the molecule is O=S(=O)(Nc1cccc(-c2nc(C3CCOCC3)sc2-c2ccncn2)c1F)c1cc(F)ccc1F. The van der Waals surface area contributed by atoms with E-state index < -0.39 is 38.1 Å². The Labute approximate surface area is 209 Å². The molecule has 1 saturated heterocycles. The second-order valence-electron chi connectivity index (χ2n) is 8.06. The number of aromatic nitrogens is 3. The van der Waals surface area contributed by atoms with Crippen LogP contribution in [0.5, 0.6) is 0 Å². The molecule has 0 spiro atoms. The molecular weight excluding hydrogens is 513 g/mol. The van der Waals surface area contributed by atoms with Gasteiger partial charge in [-0.25, -0.2) is 36.5 Å². The lowest BCUT2D eigenvalue weighted by Crippen LogP contribution is -2.16. The molecule has 0 unspecified atom stereocenters. The minimum Gasteiger partial charge on any atom is -0.381 e. The Morgan fingerprint density at radius 3 is 2.61 bits per heavy atom. The second kappa shape index (κ2) is 9.96. The van der Waals surface area contributed by atoms with Gasteiger partial charge < -0.3 is 4.74 Å². The summed E-state index contributed by atoms with van der Waals surface area (Å²) in [6, 6.07) is 7.83. The molecule has 1 aliphatic rings. The normalized spacial score (nSPS) is 14.6. The molecule has 0 saturated carbocycles. The highest BCUT2D eigenvalue weighted by molar-refractivity contribution is 7.92. The maximum atomic E-state index is 15.7. The standard InChI is InChI=1S/C24H19F3N4O3S2/c25-15-4-5-17(26)20(12-15)36(32,33)31-18-3-1-2-16(21(18)27)22-23(19-6-9-28-13-29-19)35-24(30-22)14-7-10-34-11-8-14/h1-6,9,12-14,31H,7-8,10-11H2. The monoisotopic (exact) mass is 532 g/mol. The molecule has 186 valence electrons. The smallest absolute Gasteiger partial charge is 0.265 e. The fourth-order valence-corrected chi connectivity index (χ4v) is 6.29. The van der Waals surface area contributed by atoms with Crippen molar-refractivity contribution in [2.45, 2.75) is 23.7 Å². The number of rotatable bonds is 6. The third kappa shape index (κ3) is 4.84. The van der Waals surface area contributed by atoms with Gasteiger partial charge in [0.2, 0.25) is 0 Å². The number of nitrogens with zero attached hydrogens (tertiary/aromatic N) is 3. The molecule has 7 nitrogen and oxygen atoms in total. The number of benzene rings is 2. The molecule has 0 bridgehead atoms. The first-order valence-corrected chi connectivity index (χ1v) is 13.2. The van der Waals surface area contributed by atoms with Gasteiger partial charge in [-0.2, -0.15) is 0 Å². The minimum atomic E-state index is -4.62. The first-order valence-electron chi connectivity index (χ1n) is 10.9. The van der Waals surface area contributed by atoms with E-state index in [-0.39, 0.29) is 11.5 Å². The summed E-state index contributed by atoms with van der Waals surface area (Å²) in [6.07, 6.45) is 4.49. The molecule has 12 heteroatoms. The van der Waals surface area contributed by atoms with E-state index in [9.17, 15) is 17.2 Å². The van der Waals surface area contributed by atoms with Crippen LogP contribution < -0.4 is 4.72 Å². The summed E-state index contributed by atoms with van der Waals surface area (Å²) in [5.41, 5.74) is 0.460. The predicted octanol–water partition coefficient (Wildman–Crippen LogP) is 5.38. The average molecular weight is 533 g/mol. The van der Waals surface area contributed by atoms with Gasteiger partial charge in [0, 0.05) is 30.9 Å². The van der Waals surface area contributed by atoms with Crippen LogP contribution in [-0.4, -0.2) is 36.6 Å². The van der Waals surface area contributed by atoms with Crippen molar-refractivity contribution >= 4 is 27.0 Å². The number of anilines is 1. The van der Waals surface area contributed by atoms with Crippen LogP contribution in [0.15, 0.2) is 59.9 Å². The zero-order valence-corrected chi connectivity index (χ0v) is 20.3. The van der Waals surface area contributed by atoms with E-state index in [0.29, 0.717) is 41.6 Å². The molecule has 1 N–H and O–H groups in total. The molecule has 0 amide bonds. The third-order valence-electron chi connectivity index (χ3n) is 5.71. The van der Waals surface area contributed by atoms with Crippen LogP contribution in [0, 0.1) is 17.5 Å². The van der Waals surface area contributed by atoms with Crippen molar-refractivity contribution in [2.75, 3.05) is 17.9 Å². The summed E-state index contributed by atoms with van der Waals surface area (Å²) >= 11 is 1.39. The minimum absolute atomic E-state index is 0.0399. The van der Waals surface area contributed by atoms with Crippen molar-refractivity contribution in [3.05, 3.63) is 77.4 Å². The first-order chi connectivity index (χ1) is 17.3. The molecule has 1 fully saturated rings. The summed E-state index contributed by atoms with van der Waals surface area (Å²) in [5.74, 6) is -2.87. The molecule has 2 aromatic heterocycles. The van der Waals surface area contributed by atoms with Gasteiger partial charge in [-0.05, 0) is 49.2 Å². The summed E-state index contributed by atoms with van der Waals surface area (Å²) in [7, 11) is -4.62. The molecule has 2 aromatic carbocycles. The maximum absolute atomic E-state index is 15.7. The van der Waals surface area contributed by atoms with E-state index in [4.69, 9.17) is 9.72 Å². The fraction of sp³-hybridized carbons (Fsp3) is 0.208. The Bertz CT molecular complexity index is 1510. The predicted molar refractivity (Wildman–Crippen MR) is 128 cm³/mol. The van der Waals surface area contributed by atoms with Crippen LogP contribution in [0.2, 0.25) is 0 Å². The maximum Gasteiger partial charge on any atom is 0.265 e. The largest absolute Gasteiger partial charge is 0.381 e. The van der Waals surface area contributed by atoms with Gasteiger partial charge in [0.25, 0.3) is 10.0 Å². The van der Waals surface area contributed by atoms with Gasteiger partial charge in [0.05, 0.1) is 27.0 Å². The Hall–Kier alpha value is -3.35. The molecule has 0 radical (unpaired) electrons. The Balaban J connectivity index is 1.58. The number of halogens is 3. The topological polar surface area (TPSA) is 94.1 Å². The van der Waals surface area contributed by atoms with E-state index in [1.165, 1.54) is 35.9 Å². The number of ether oxygens (including phenoxy) is 1. The zero-order valence-electron chi connectivity index (χ0n) is 18.6. The van der Waals surface area contributed by atoms with Gasteiger partial charge in [-0.3, -0.25) is 4.72 Å². The number of hydrogen-bond donors (Lipinski definition) is 1. The summed E-state index contributed by atoms with van der Waals surface area (Å²) in [5, 5.41) is 0.800. The highest BCUT2D eigenvalue weighted by atomic mass is 32.2. The lowest BCUT2D eigenvalue weighted by molar-refractivity contribution is 0.0853. The molecular formula is C24H19F3N4O3S2. The molecule has 3 heterocycles. The van der Waals surface area contributed by atoms with Gasteiger partial charge in [0.15, 0.2) is 5.82 Å². The van der Waals surface area contributed by atoms with E-state index >= 15 is 4.39 Å². The van der Waals surface area contributed by atoms with Gasteiger partial charge in [0.1, 0.15) is 22.9 Å². The van der Waals surface area contributed by atoms with Gasteiger partial charge in [-0.1, -0.05) is 6.07 Å². The van der Waals surface area contributed by atoms with Crippen LogP contribution in [-0.2, 0) is 14.8 Å². The first kappa shape index (κ1) is 24.3. The van der Waals surface area contributed by atoms with Crippen LogP contribution in [0.4, 0.5) is 18.9 Å². The second-order valence-corrected chi connectivity index (χ2v) is 10.7. The summed E-state index contributed by atoms with van der Waals surface area (Å²) in [6.45, 7) is 1.20. The number of nitrogens with one attached hydrogen (secondary N) is 1. The van der Waals surface area contributed by atoms with E-state index in [0.717, 1.165) is 23.9 Å². The van der Waals surface area contributed by atoms with Gasteiger partial charge in [-0.15, -0.1) is 11.3 Å². The quantitative estimate of drug-likeness (QED) is 0.358. The molecule has 5 rings (SSSR count). The van der Waals surface area contributed by atoms with Crippen molar-refractivity contribution in [1.82, 2.24) is 15.0 Å². The molecule has 0 aliphatic carbocycles. The Morgan fingerprint density at radius 2 is 1.86 bits per heavy atom. The van der Waals surface area contributed by atoms with E-state index in [1.807, 2.05) is 4.72 Å². The average Bonchev–Trinajstić information content (AvgIpc) is 3.33. The molecule has 36 heavy (non-hydrogen) atoms. The van der Waals surface area contributed by atoms with Crippen molar-refractivity contribution < 1.29 is 26.3 Å². The Morgan fingerprint density at radius 1 is 1.06 bits per heavy atom. The van der Waals surface area contributed by atoms with Crippen LogP contribution in [0.25, 0.3) is 21.8 Å². The lowest BCUT2D eigenvalue weighted by atomic mass is 10.0. The van der Waals surface area contributed by atoms with Gasteiger partial charge >= 0.3 is 0 Å². The number of sulfonamides is 1. The zero-order chi connectivity index (χ0) is 25.3. The van der Waals surface area contributed by atoms with Crippen molar-refractivity contribution in [3.8, 4) is 21.8 Å². The summed E-state index contributed by atoms with van der Waals surface area (Å²) < 4.78 is 76.4. The number of hydrogen-bond acceptors (Lipinski definition) is 7. The molecule has 4 aromatic rings. The van der Waals surface area contributed by atoms with E-state index in [1.54, 1.807) is 12.3 Å². The molecule has 1 aliphatic heterocycles. The summed E-state index contributed by atoms with van der Waals surface area (Å²) in [4.78, 5) is 12.6. The number of thiazole rings is 1. The van der Waals surface area contributed by atoms with Crippen molar-refractivity contribution in [2.24, 2.45) is 0 Å². The van der Waals surface area contributed by atoms with Crippen LogP contribution in [0.1, 0.15) is 23.8 Å². The molecule has 0 atom stereocenters. The Kier molecular flexibility index (Phi) is 6.73. The highest BCUT2D eigenvalue weighted by Gasteiger charge is 2.27. The third-order valence-corrected chi connectivity index (χ3v) is 8.33. The van der Waals surface area contributed by atoms with Crippen LogP contribution >= 0.6 is 11.3 Å². The lowest BCUT2D eigenvalue weighted by Gasteiger charge is -2.19.